The summed E-state index contributed by atoms with van der Waals surface area (Å²) in [5.74, 6) is -0.593. The molecule has 5 heteroatoms. The minimum absolute atomic E-state index is 0.244. The molecule has 0 saturated heterocycles. The lowest BCUT2D eigenvalue weighted by molar-refractivity contribution is 0.0997. The first-order chi connectivity index (χ1) is 10.6. The highest BCUT2D eigenvalue weighted by molar-refractivity contribution is 5.99. The molecule has 3 rings (SSSR count). The molecule has 2 aromatic carbocycles. The SMILES string of the molecule is COc1ccc(-c2cc(F)cc3cccnc23)cc1C(N)=O. The number of nitrogens with zero attached hydrogens (tertiary/aromatic N) is 1. The van der Waals surface area contributed by atoms with Crippen LogP contribution in [0, 0.1) is 5.82 Å². The van der Waals surface area contributed by atoms with E-state index in [1.54, 1.807) is 36.5 Å². The number of ether oxygens (including phenoxy) is 1. The number of carbonyl (C=O) groups excluding carboxylic acids is 1. The van der Waals surface area contributed by atoms with Gasteiger partial charge in [-0.15, -0.1) is 0 Å². The largest absolute Gasteiger partial charge is 0.496 e. The second-order valence-electron chi connectivity index (χ2n) is 4.81. The topological polar surface area (TPSA) is 65.2 Å². The van der Waals surface area contributed by atoms with Crippen molar-refractivity contribution in [2.45, 2.75) is 0 Å². The molecule has 0 bridgehead atoms. The molecule has 0 spiro atoms. The Morgan fingerprint density at radius 1 is 1.23 bits per heavy atom. The fraction of sp³-hybridized carbons (Fsp3) is 0.0588. The van der Waals surface area contributed by atoms with Crippen molar-refractivity contribution >= 4 is 16.8 Å². The maximum absolute atomic E-state index is 13.8. The highest BCUT2D eigenvalue weighted by atomic mass is 19.1. The number of aromatic nitrogens is 1. The number of pyridine rings is 1. The number of rotatable bonds is 3. The summed E-state index contributed by atoms with van der Waals surface area (Å²) in [4.78, 5) is 15.8. The average Bonchev–Trinajstić information content (AvgIpc) is 2.53. The fourth-order valence-electron chi connectivity index (χ4n) is 2.44. The van der Waals surface area contributed by atoms with E-state index < -0.39 is 5.91 Å². The molecule has 0 aliphatic heterocycles. The van der Waals surface area contributed by atoms with Gasteiger partial charge in [-0.1, -0.05) is 12.1 Å². The third-order valence-electron chi connectivity index (χ3n) is 3.45. The van der Waals surface area contributed by atoms with Crippen LogP contribution >= 0.6 is 0 Å². The molecule has 110 valence electrons. The number of benzene rings is 2. The van der Waals surface area contributed by atoms with Crippen LogP contribution in [0.4, 0.5) is 4.39 Å². The van der Waals surface area contributed by atoms with Crippen LogP contribution in [-0.4, -0.2) is 18.0 Å². The highest BCUT2D eigenvalue weighted by Crippen LogP contribution is 2.31. The molecular formula is C17H13FN2O2. The number of halogens is 1. The minimum Gasteiger partial charge on any atom is -0.496 e. The molecule has 0 saturated carbocycles. The van der Waals surface area contributed by atoms with Crippen molar-refractivity contribution < 1.29 is 13.9 Å². The van der Waals surface area contributed by atoms with Gasteiger partial charge < -0.3 is 10.5 Å². The zero-order valence-corrected chi connectivity index (χ0v) is 11.8. The molecule has 0 atom stereocenters. The summed E-state index contributed by atoms with van der Waals surface area (Å²) < 4.78 is 19.0. The number of methoxy groups -OCH3 is 1. The maximum Gasteiger partial charge on any atom is 0.252 e. The molecule has 0 fully saturated rings. The molecular weight excluding hydrogens is 283 g/mol. The zero-order valence-electron chi connectivity index (χ0n) is 11.8. The van der Waals surface area contributed by atoms with Gasteiger partial charge in [-0.25, -0.2) is 4.39 Å². The first kappa shape index (κ1) is 14.0. The monoisotopic (exact) mass is 296 g/mol. The van der Waals surface area contributed by atoms with Crippen molar-refractivity contribution in [1.82, 2.24) is 4.98 Å². The molecule has 1 heterocycles. The molecule has 0 unspecified atom stereocenters. The standard InChI is InChI=1S/C17H13FN2O2/c1-22-15-5-4-10(8-14(15)17(19)21)13-9-12(18)7-11-3-2-6-20-16(11)13/h2-9H,1H3,(H2,19,21). The van der Waals surface area contributed by atoms with E-state index >= 15 is 0 Å². The number of nitrogens with two attached hydrogens (primary N) is 1. The first-order valence-corrected chi connectivity index (χ1v) is 6.62. The summed E-state index contributed by atoms with van der Waals surface area (Å²) >= 11 is 0. The normalized spacial score (nSPS) is 10.6. The van der Waals surface area contributed by atoms with Crippen molar-refractivity contribution in [3.8, 4) is 16.9 Å². The second kappa shape index (κ2) is 5.44. The first-order valence-electron chi connectivity index (χ1n) is 6.62. The summed E-state index contributed by atoms with van der Waals surface area (Å²) in [5.41, 5.74) is 7.52. The lowest BCUT2D eigenvalue weighted by Gasteiger charge is -2.10. The molecule has 0 aliphatic carbocycles. The molecule has 3 aromatic rings. The highest BCUT2D eigenvalue weighted by Gasteiger charge is 2.13. The molecule has 4 nitrogen and oxygen atoms in total. The number of hydrogen-bond donors (Lipinski definition) is 1. The van der Waals surface area contributed by atoms with Gasteiger partial charge in [0, 0.05) is 17.1 Å². The number of carbonyl (C=O) groups is 1. The summed E-state index contributed by atoms with van der Waals surface area (Å²) in [7, 11) is 1.46. The van der Waals surface area contributed by atoms with E-state index in [0.29, 0.717) is 27.8 Å². The van der Waals surface area contributed by atoms with Crippen LogP contribution in [0.1, 0.15) is 10.4 Å². The van der Waals surface area contributed by atoms with Crippen molar-refractivity contribution in [3.63, 3.8) is 0 Å². The summed E-state index contributed by atoms with van der Waals surface area (Å²) in [6, 6.07) is 11.3. The third-order valence-corrected chi connectivity index (χ3v) is 3.45. The molecule has 2 N–H and O–H groups in total. The Kier molecular flexibility index (Phi) is 3.47. The Balaban J connectivity index is 2.28. The summed E-state index contributed by atoms with van der Waals surface area (Å²) in [6.07, 6.45) is 1.64. The molecule has 1 aromatic heterocycles. The average molecular weight is 296 g/mol. The second-order valence-corrected chi connectivity index (χ2v) is 4.81. The fourth-order valence-corrected chi connectivity index (χ4v) is 2.44. The lowest BCUT2D eigenvalue weighted by atomic mass is 9.99. The van der Waals surface area contributed by atoms with Crippen molar-refractivity contribution in [3.05, 3.63) is 60.0 Å². The predicted molar refractivity (Wildman–Crippen MR) is 82.2 cm³/mol. The number of hydrogen-bond acceptors (Lipinski definition) is 3. The molecule has 0 aliphatic rings. The summed E-state index contributed by atoms with van der Waals surface area (Å²) in [5, 5.41) is 0.689. The Hall–Kier alpha value is -2.95. The van der Waals surface area contributed by atoms with E-state index in [2.05, 4.69) is 4.98 Å². The summed E-state index contributed by atoms with van der Waals surface area (Å²) in [6.45, 7) is 0. The van der Waals surface area contributed by atoms with Gasteiger partial charge in [0.1, 0.15) is 11.6 Å². The zero-order chi connectivity index (χ0) is 15.7. The van der Waals surface area contributed by atoms with Gasteiger partial charge in [-0.2, -0.15) is 0 Å². The Morgan fingerprint density at radius 2 is 2.05 bits per heavy atom. The molecule has 1 amide bonds. The van der Waals surface area contributed by atoms with Gasteiger partial charge >= 0.3 is 0 Å². The van der Waals surface area contributed by atoms with Gasteiger partial charge in [-0.3, -0.25) is 9.78 Å². The van der Waals surface area contributed by atoms with Crippen molar-refractivity contribution in [1.29, 1.82) is 0 Å². The van der Waals surface area contributed by atoms with E-state index in [0.717, 1.165) is 0 Å². The smallest absolute Gasteiger partial charge is 0.252 e. The van der Waals surface area contributed by atoms with Crippen molar-refractivity contribution in [2.75, 3.05) is 7.11 Å². The van der Waals surface area contributed by atoms with E-state index in [1.807, 2.05) is 0 Å². The van der Waals surface area contributed by atoms with Crippen LogP contribution in [0.5, 0.6) is 5.75 Å². The minimum atomic E-state index is -0.604. The molecule has 22 heavy (non-hydrogen) atoms. The van der Waals surface area contributed by atoms with Crippen LogP contribution in [-0.2, 0) is 0 Å². The number of primary amides is 1. The Morgan fingerprint density at radius 3 is 2.77 bits per heavy atom. The van der Waals surface area contributed by atoms with Gasteiger partial charge in [0.25, 0.3) is 5.91 Å². The number of fused-ring (bicyclic) bond motifs is 1. The van der Waals surface area contributed by atoms with Gasteiger partial charge in [-0.05, 0) is 35.9 Å². The van der Waals surface area contributed by atoms with Gasteiger partial charge in [0.15, 0.2) is 0 Å². The number of amides is 1. The quantitative estimate of drug-likeness (QED) is 0.807. The molecule has 0 radical (unpaired) electrons. The lowest BCUT2D eigenvalue weighted by Crippen LogP contribution is -2.12. The van der Waals surface area contributed by atoms with Crippen LogP contribution in [0.25, 0.3) is 22.0 Å². The van der Waals surface area contributed by atoms with Crippen molar-refractivity contribution in [2.24, 2.45) is 5.73 Å². The van der Waals surface area contributed by atoms with E-state index in [4.69, 9.17) is 10.5 Å². The van der Waals surface area contributed by atoms with Crippen LogP contribution in [0.3, 0.4) is 0 Å². The van der Waals surface area contributed by atoms with Crippen LogP contribution in [0.2, 0.25) is 0 Å². The van der Waals surface area contributed by atoms with E-state index in [-0.39, 0.29) is 11.4 Å². The van der Waals surface area contributed by atoms with Gasteiger partial charge in [0.2, 0.25) is 0 Å². The van der Waals surface area contributed by atoms with Crippen LogP contribution < -0.4 is 10.5 Å². The van der Waals surface area contributed by atoms with Crippen LogP contribution in [0.15, 0.2) is 48.7 Å². The predicted octanol–water partition coefficient (Wildman–Crippen LogP) is 3.15. The van der Waals surface area contributed by atoms with E-state index in [1.165, 1.54) is 19.2 Å². The Bertz CT molecular complexity index is 878. The Labute approximate surface area is 126 Å². The van der Waals surface area contributed by atoms with Gasteiger partial charge in [0.05, 0.1) is 18.2 Å². The van der Waals surface area contributed by atoms with E-state index in [9.17, 15) is 9.18 Å². The maximum atomic E-state index is 13.8. The third kappa shape index (κ3) is 2.37.